The Morgan fingerprint density at radius 2 is 1.86 bits per heavy atom. The topological polar surface area (TPSA) is 37.3 Å². The molecule has 124 valence electrons. The van der Waals surface area contributed by atoms with Crippen LogP contribution in [-0.4, -0.2) is 16.5 Å². The Morgan fingerprint density at radius 1 is 1.05 bits per heavy atom. The van der Waals surface area contributed by atoms with E-state index in [1.165, 1.54) is 32.1 Å². The number of carbonyl (C=O) groups is 1. The van der Waals surface area contributed by atoms with Crippen molar-refractivity contribution in [2.24, 2.45) is 35.0 Å². The molecule has 4 rings (SSSR count). The van der Waals surface area contributed by atoms with Gasteiger partial charge in [-0.2, -0.15) is 0 Å². The van der Waals surface area contributed by atoms with E-state index >= 15 is 0 Å². The summed E-state index contributed by atoms with van der Waals surface area (Å²) in [5.41, 5.74) is -0.262. The van der Waals surface area contributed by atoms with Crippen LogP contribution in [0.15, 0.2) is 0 Å². The normalized spacial score (nSPS) is 54.5. The molecule has 0 amide bonds. The van der Waals surface area contributed by atoms with Crippen LogP contribution in [0.25, 0.3) is 0 Å². The first-order valence-corrected chi connectivity index (χ1v) is 9.72. The Balaban J connectivity index is 1.59. The van der Waals surface area contributed by atoms with Crippen molar-refractivity contribution in [2.75, 3.05) is 0 Å². The third-order valence-corrected chi connectivity index (χ3v) is 8.67. The van der Waals surface area contributed by atoms with Crippen LogP contribution in [0.5, 0.6) is 0 Å². The van der Waals surface area contributed by atoms with Gasteiger partial charge in [0.1, 0.15) is 5.78 Å². The van der Waals surface area contributed by atoms with Gasteiger partial charge in [-0.3, -0.25) is 4.79 Å². The second kappa shape index (κ2) is 5.06. The molecule has 2 heteroatoms. The molecule has 0 aromatic carbocycles. The lowest BCUT2D eigenvalue weighted by Gasteiger charge is -2.57. The molecule has 0 spiro atoms. The predicted octanol–water partition coefficient (Wildman–Crippen LogP) is 4.35. The van der Waals surface area contributed by atoms with E-state index in [4.69, 9.17) is 0 Å². The zero-order valence-electron chi connectivity index (χ0n) is 14.3. The first kappa shape index (κ1) is 15.2. The zero-order chi connectivity index (χ0) is 15.5. The fraction of sp³-hybridized carbons (Fsp3) is 0.950. The molecule has 4 aliphatic carbocycles. The molecule has 0 radical (unpaired) electrons. The van der Waals surface area contributed by atoms with Gasteiger partial charge in [0.05, 0.1) is 5.60 Å². The highest BCUT2D eigenvalue weighted by atomic mass is 16.3. The van der Waals surface area contributed by atoms with Gasteiger partial charge in [0.2, 0.25) is 0 Å². The van der Waals surface area contributed by atoms with Crippen LogP contribution in [0.3, 0.4) is 0 Å². The first-order chi connectivity index (χ1) is 10.5. The maximum Gasteiger partial charge on any atom is 0.133 e. The van der Waals surface area contributed by atoms with Crippen LogP contribution in [0.1, 0.15) is 78.1 Å². The molecule has 4 aliphatic rings. The number of fused-ring (bicyclic) bond motifs is 5. The Bertz CT molecular complexity index is 472. The minimum Gasteiger partial charge on any atom is -0.389 e. The van der Waals surface area contributed by atoms with Gasteiger partial charge in [-0.25, -0.2) is 0 Å². The van der Waals surface area contributed by atoms with Crippen molar-refractivity contribution in [3.63, 3.8) is 0 Å². The molecular weight excluding hydrogens is 272 g/mol. The van der Waals surface area contributed by atoms with Gasteiger partial charge in [0.15, 0.2) is 0 Å². The SMILES string of the molecule is CCC1(O)CC[C@@H]2[C@@H]3CCC4CC(=O)CC[C@@H]4[C@@H]3CC[C@@]21C. The Morgan fingerprint density at radius 3 is 2.64 bits per heavy atom. The number of ketones is 1. The Hall–Kier alpha value is -0.370. The molecule has 0 bridgehead atoms. The maximum atomic E-state index is 11.8. The van der Waals surface area contributed by atoms with E-state index < -0.39 is 5.60 Å². The lowest BCUT2D eigenvalue weighted by atomic mass is 9.49. The van der Waals surface area contributed by atoms with Crippen LogP contribution in [0, 0.1) is 35.0 Å². The third-order valence-electron chi connectivity index (χ3n) is 8.67. The highest BCUT2D eigenvalue weighted by Gasteiger charge is 2.61. The van der Waals surface area contributed by atoms with Crippen molar-refractivity contribution < 1.29 is 9.90 Å². The number of hydrogen-bond donors (Lipinski definition) is 1. The van der Waals surface area contributed by atoms with Crippen LogP contribution >= 0.6 is 0 Å². The van der Waals surface area contributed by atoms with Crippen LogP contribution in [-0.2, 0) is 4.79 Å². The second-order valence-corrected chi connectivity index (χ2v) is 9.10. The van der Waals surface area contributed by atoms with Gasteiger partial charge in [0, 0.05) is 12.8 Å². The van der Waals surface area contributed by atoms with Crippen LogP contribution < -0.4 is 0 Å². The quantitative estimate of drug-likeness (QED) is 0.782. The summed E-state index contributed by atoms with van der Waals surface area (Å²) in [6, 6.07) is 0. The molecule has 2 nitrogen and oxygen atoms in total. The minimum atomic E-state index is -0.415. The molecule has 0 aromatic rings. The molecule has 4 fully saturated rings. The van der Waals surface area contributed by atoms with E-state index in [1.54, 1.807) is 0 Å². The number of aliphatic hydroxyl groups is 1. The van der Waals surface area contributed by atoms with Gasteiger partial charge in [0.25, 0.3) is 0 Å². The van der Waals surface area contributed by atoms with Gasteiger partial charge in [-0.05, 0) is 86.4 Å². The summed E-state index contributed by atoms with van der Waals surface area (Å²) >= 11 is 0. The van der Waals surface area contributed by atoms with Crippen LogP contribution in [0.4, 0.5) is 0 Å². The molecule has 22 heavy (non-hydrogen) atoms. The van der Waals surface area contributed by atoms with Crippen LogP contribution in [0.2, 0.25) is 0 Å². The molecule has 0 saturated heterocycles. The number of Topliss-reactive ketones (excluding diaryl/α,β-unsaturated/α-hetero) is 1. The average Bonchev–Trinajstić information content (AvgIpc) is 2.79. The van der Waals surface area contributed by atoms with Crippen molar-refractivity contribution in [1.29, 1.82) is 0 Å². The van der Waals surface area contributed by atoms with Gasteiger partial charge in [-0.15, -0.1) is 0 Å². The average molecular weight is 304 g/mol. The fourth-order valence-corrected chi connectivity index (χ4v) is 7.35. The van der Waals surface area contributed by atoms with E-state index in [0.717, 1.165) is 55.8 Å². The van der Waals surface area contributed by atoms with E-state index in [0.29, 0.717) is 11.7 Å². The van der Waals surface area contributed by atoms with Crippen molar-refractivity contribution >= 4 is 5.78 Å². The highest BCUT2D eigenvalue weighted by Crippen LogP contribution is 2.65. The van der Waals surface area contributed by atoms with Crippen molar-refractivity contribution in [2.45, 2.75) is 83.7 Å². The molecule has 7 atom stereocenters. The molecule has 0 aromatic heterocycles. The lowest BCUT2D eigenvalue weighted by Crippen LogP contribution is -2.53. The number of rotatable bonds is 1. The summed E-state index contributed by atoms with van der Waals surface area (Å²) in [5, 5.41) is 11.2. The van der Waals surface area contributed by atoms with Gasteiger partial charge < -0.3 is 5.11 Å². The number of hydrogen-bond acceptors (Lipinski definition) is 2. The first-order valence-electron chi connectivity index (χ1n) is 9.72. The lowest BCUT2D eigenvalue weighted by molar-refractivity contribution is -0.138. The maximum absolute atomic E-state index is 11.8. The number of carbonyl (C=O) groups excluding carboxylic acids is 1. The summed E-state index contributed by atoms with van der Waals surface area (Å²) in [4.78, 5) is 11.8. The predicted molar refractivity (Wildman–Crippen MR) is 87.4 cm³/mol. The monoisotopic (exact) mass is 304 g/mol. The second-order valence-electron chi connectivity index (χ2n) is 9.10. The fourth-order valence-electron chi connectivity index (χ4n) is 7.35. The summed E-state index contributed by atoms with van der Waals surface area (Å²) in [6.07, 6.45) is 11.1. The summed E-state index contributed by atoms with van der Waals surface area (Å²) < 4.78 is 0. The zero-order valence-corrected chi connectivity index (χ0v) is 14.3. The molecule has 1 N–H and O–H groups in total. The Kier molecular flexibility index (Phi) is 3.49. The van der Waals surface area contributed by atoms with Crippen molar-refractivity contribution in [1.82, 2.24) is 0 Å². The standard InChI is InChI=1S/C20H32O2/c1-3-20(22)11-9-18-17-6-4-13-12-14(21)5-7-15(13)16(17)8-10-19(18,20)2/h13,15-18,22H,3-12H2,1-2H3/t13?,15-,16-,17+,18+,19-,20?/m0/s1. The summed E-state index contributed by atoms with van der Waals surface area (Å²) in [7, 11) is 0. The molecule has 4 saturated carbocycles. The van der Waals surface area contributed by atoms with Crippen molar-refractivity contribution in [3.8, 4) is 0 Å². The molecule has 0 aliphatic heterocycles. The minimum absolute atomic E-state index is 0.153. The largest absolute Gasteiger partial charge is 0.389 e. The van der Waals surface area contributed by atoms with Gasteiger partial charge in [-0.1, -0.05) is 13.8 Å². The van der Waals surface area contributed by atoms with E-state index in [1.807, 2.05) is 0 Å². The van der Waals surface area contributed by atoms with E-state index in [2.05, 4.69) is 13.8 Å². The van der Waals surface area contributed by atoms with E-state index in [9.17, 15) is 9.90 Å². The van der Waals surface area contributed by atoms with E-state index in [-0.39, 0.29) is 5.41 Å². The molecular formula is C20H32O2. The summed E-state index contributed by atoms with van der Waals surface area (Å²) in [6.45, 7) is 4.56. The summed E-state index contributed by atoms with van der Waals surface area (Å²) in [5.74, 6) is 4.43. The van der Waals surface area contributed by atoms with Gasteiger partial charge >= 0.3 is 0 Å². The molecule has 2 unspecified atom stereocenters. The smallest absolute Gasteiger partial charge is 0.133 e. The van der Waals surface area contributed by atoms with Crippen molar-refractivity contribution in [3.05, 3.63) is 0 Å². The molecule has 0 heterocycles. The Labute approximate surface area is 135 Å². The highest BCUT2D eigenvalue weighted by molar-refractivity contribution is 5.79. The third kappa shape index (κ3) is 1.92.